The molecule has 0 amide bonds. The van der Waals surface area contributed by atoms with E-state index in [0.29, 0.717) is 5.92 Å². The SMILES string of the molecule is CC1CCC(C(C)C)=NC1. The molecule has 0 aromatic heterocycles. The summed E-state index contributed by atoms with van der Waals surface area (Å²) in [4.78, 5) is 4.53. The van der Waals surface area contributed by atoms with Crippen molar-refractivity contribution in [3.8, 4) is 0 Å². The molecule has 0 aliphatic carbocycles. The molecule has 10 heavy (non-hydrogen) atoms. The highest BCUT2D eigenvalue weighted by Gasteiger charge is 2.12. The molecule has 0 spiro atoms. The lowest BCUT2D eigenvalue weighted by molar-refractivity contribution is 0.527. The molecule has 0 aromatic carbocycles. The average Bonchev–Trinajstić information content (AvgIpc) is 1.88. The van der Waals surface area contributed by atoms with Crippen LogP contribution in [0.4, 0.5) is 0 Å². The fourth-order valence-corrected chi connectivity index (χ4v) is 1.31. The first-order valence-electron chi connectivity index (χ1n) is 4.23. The quantitative estimate of drug-likeness (QED) is 0.529. The van der Waals surface area contributed by atoms with Crippen molar-refractivity contribution < 1.29 is 0 Å². The first kappa shape index (κ1) is 7.77. The Balaban J connectivity index is 2.48. The van der Waals surface area contributed by atoms with Crippen molar-refractivity contribution in [2.75, 3.05) is 6.54 Å². The lowest BCUT2D eigenvalue weighted by Crippen LogP contribution is -2.17. The van der Waals surface area contributed by atoms with Gasteiger partial charge < -0.3 is 0 Å². The Morgan fingerprint density at radius 1 is 1.50 bits per heavy atom. The maximum Gasteiger partial charge on any atom is 0.0414 e. The fraction of sp³-hybridized carbons (Fsp3) is 0.889. The van der Waals surface area contributed by atoms with Crippen LogP contribution >= 0.6 is 0 Å². The van der Waals surface area contributed by atoms with Crippen LogP contribution in [0.2, 0.25) is 0 Å². The third-order valence-corrected chi connectivity index (χ3v) is 2.17. The predicted molar refractivity (Wildman–Crippen MR) is 45.5 cm³/mol. The molecule has 1 nitrogen and oxygen atoms in total. The summed E-state index contributed by atoms with van der Waals surface area (Å²) in [5.74, 6) is 1.50. The highest BCUT2D eigenvalue weighted by atomic mass is 14.8. The Bertz CT molecular complexity index is 136. The highest BCUT2D eigenvalue weighted by molar-refractivity contribution is 5.86. The summed E-state index contributed by atoms with van der Waals surface area (Å²) in [7, 11) is 0. The van der Waals surface area contributed by atoms with Crippen molar-refractivity contribution >= 4 is 5.71 Å². The molecule has 1 heteroatoms. The van der Waals surface area contributed by atoms with Crippen molar-refractivity contribution in [2.45, 2.75) is 33.6 Å². The van der Waals surface area contributed by atoms with Crippen molar-refractivity contribution in [3.05, 3.63) is 0 Å². The van der Waals surface area contributed by atoms with E-state index in [1.54, 1.807) is 0 Å². The minimum Gasteiger partial charge on any atom is -0.294 e. The number of nitrogens with zero attached hydrogens (tertiary/aromatic N) is 1. The Labute approximate surface area is 63.5 Å². The van der Waals surface area contributed by atoms with E-state index in [-0.39, 0.29) is 0 Å². The zero-order chi connectivity index (χ0) is 7.56. The molecule has 58 valence electrons. The maximum atomic E-state index is 4.53. The standard InChI is InChI=1S/C9H17N/c1-7(2)9-5-4-8(3)6-10-9/h7-8H,4-6H2,1-3H3. The molecule has 0 saturated carbocycles. The van der Waals surface area contributed by atoms with Gasteiger partial charge in [0.2, 0.25) is 0 Å². The van der Waals surface area contributed by atoms with Gasteiger partial charge >= 0.3 is 0 Å². The van der Waals surface area contributed by atoms with Crippen LogP contribution in [0.5, 0.6) is 0 Å². The molecule has 0 radical (unpaired) electrons. The van der Waals surface area contributed by atoms with Gasteiger partial charge in [-0.2, -0.15) is 0 Å². The van der Waals surface area contributed by atoms with Crippen LogP contribution in [0.3, 0.4) is 0 Å². The van der Waals surface area contributed by atoms with E-state index in [2.05, 4.69) is 25.8 Å². The number of hydrogen-bond donors (Lipinski definition) is 0. The Morgan fingerprint density at radius 3 is 2.60 bits per heavy atom. The van der Waals surface area contributed by atoms with Crippen LogP contribution < -0.4 is 0 Å². The van der Waals surface area contributed by atoms with Crippen LogP contribution in [0.15, 0.2) is 4.99 Å². The van der Waals surface area contributed by atoms with E-state index < -0.39 is 0 Å². The summed E-state index contributed by atoms with van der Waals surface area (Å²) in [5, 5.41) is 0. The lowest BCUT2D eigenvalue weighted by atomic mass is 9.94. The molecule has 1 aliphatic heterocycles. The third kappa shape index (κ3) is 1.83. The van der Waals surface area contributed by atoms with Gasteiger partial charge in [0.1, 0.15) is 0 Å². The van der Waals surface area contributed by atoms with Crippen molar-refractivity contribution in [3.63, 3.8) is 0 Å². The van der Waals surface area contributed by atoms with Gasteiger partial charge in [-0.15, -0.1) is 0 Å². The smallest absolute Gasteiger partial charge is 0.0414 e. The first-order valence-corrected chi connectivity index (χ1v) is 4.23. The second kappa shape index (κ2) is 3.18. The molecular formula is C9H17N. The van der Waals surface area contributed by atoms with Crippen molar-refractivity contribution in [1.82, 2.24) is 0 Å². The Kier molecular flexibility index (Phi) is 2.47. The van der Waals surface area contributed by atoms with Gasteiger partial charge in [0.15, 0.2) is 0 Å². The van der Waals surface area contributed by atoms with E-state index in [0.717, 1.165) is 12.5 Å². The minimum atomic E-state index is 0.674. The molecule has 0 saturated heterocycles. The monoisotopic (exact) mass is 139 g/mol. The molecule has 1 atom stereocenters. The summed E-state index contributed by atoms with van der Waals surface area (Å²) < 4.78 is 0. The normalized spacial score (nSPS) is 26.8. The molecule has 0 fully saturated rings. The van der Waals surface area contributed by atoms with Gasteiger partial charge in [0.25, 0.3) is 0 Å². The Hall–Kier alpha value is -0.330. The lowest BCUT2D eigenvalue weighted by Gasteiger charge is -2.19. The summed E-state index contributed by atoms with van der Waals surface area (Å²) in [6.45, 7) is 7.80. The van der Waals surface area contributed by atoms with E-state index >= 15 is 0 Å². The molecule has 1 heterocycles. The average molecular weight is 139 g/mol. The maximum absolute atomic E-state index is 4.53. The first-order chi connectivity index (χ1) is 4.70. The summed E-state index contributed by atoms with van der Waals surface area (Å²) >= 11 is 0. The van der Waals surface area contributed by atoms with Gasteiger partial charge in [-0.1, -0.05) is 20.8 Å². The van der Waals surface area contributed by atoms with E-state index in [1.165, 1.54) is 18.6 Å². The van der Waals surface area contributed by atoms with Crippen LogP contribution in [-0.4, -0.2) is 12.3 Å². The number of aliphatic imine (C=N–C) groups is 1. The van der Waals surface area contributed by atoms with E-state index in [9.17, 15) is 0 Å². The second-order valence-electron chi connectivity index (χ2n) is 3.63. The largest absolute Gasteiger partial charge is 0.294 e. The van der Waals surface area contributed by atoms with E-state index in [1.807, 2.05) is 0 Å². The van der Waals surface area contributed by atoms with Gasteiger partial charge in [0, 0.05) is 12.3 Å². The van der Waals surface area contributed by atoms with Gasteiger partial charge in [-0.3, -0.25) is 4.99 Å². The summed E-state index contributed by atoms with van der Waals surface area (Å²) in [6.07, 6.45) is 2.58. The van der Waals surface area contributed by atoms with Gasteiger partial charge in [-0.05, 0) is 24.7 Å². The zero-order valence-electron chi connectivity index (χ0n) is 7.22. The number of rotatable bonds is 1. The summed E-state index contributed by atoms with van der Waals surface area (Å²) in [6, 6.07) is 0. The minimum absolute atomic E-state index is 0.674. The molecule has 1 rings (SSSR count). The van der Waals surface area contributed by atoms with E-state index in [4.69, 9.17) is 0 Å². The second-order valence-corrected chi connectivity index (χ2v) is 3.63. The molecular weight excluding hydrogens is 122 g/mol. The Morgan fingerprint density at radius 2 is 2.20 bits per heavy atom. The molecule has 1 unspecified atom stereocenters. The molecule has 1 aliphatic rings. The zero-order valence-corrected chi connectivity index (χ0v) is 7.22. The predicted octanol–water partition coefficient (Wildman–Crippen LogP) is 2.51. The van der Waals surface area contributed by atoms with Gasteiger partial charge in [-0.25, -0.2) is 0 Å². The topological polar surface area (TPSA) is 12.4 Å². The third-order valence-electron chi connectivity index (χ3n) is 2.17. The van der Waals surface area contributed by atoms with Crippen LogP contribution in [-0.2, 0) is 0 Å². The molecule has 0 aromatic rings. The highest BCUT2D eigenvalue weighted by Crippen LogP contribution is 2.16. The van der Waals surface area contributed by atoms with Crippen LogP contribution in [0, 0.1) is 11.8 Å². The number of hydrogen-bond acceptors (Lipinski definition) is 1. The van der Waals surface area contributed by atoms with Crippen molar-refractivity contribution in [2.24, 2.45) is 16.8 Å². The van der Waals surface area contributed by atoms with Crippen LogP contribution in [0.25, 0.3) is 0 Å². The van der Waals surface area contributed by atoms with Crippen molar-refractivity contribution in [1.29, 1.82) is 0 Å². The molecule has 0 bridgehead atoms. The summed E-state index contributed by atoms with van der Waals surface area (Å²) in [5.41, 5.74) is 1.43. The fourth-order valence-electron chi connectivity index (χ4n) is 1.31. The molecule has 0 N–H and O–H groups in total. The van der Waals surface area contributed by atoms with Crippen LogP contribution in [0.1, 0.15) is 33.6 Å². The van der Waals surface area contributed by atoms with Gasteiger partial charge in [0.05, 0.1) is 0 Å².